The molecule has 4 nitrogen and oxygen atoms in total. The number of hydrogen-bond donors (Lipinski definition) is 0. The standard InChI is InChI=1S/C26H32N.C25H30N.C24H28N.C22H24N/c1-18-10-8-9-11-23(18)21-13-12-19(2)24(14-21)25-15-22(16-26(4,5)6)20(3)17-27(25)7;1-17(2)13-22-15-25(26(6)16-20(22)5)24-14-21(12-11-19(24)4)23-10-8-7-9-18(23)3;1-16(2)22-14-24(25(6)15-19(22)5)23-13-20(12-11-18(23)4)21-10-8-7-9-17(21)3;1-15-8-6-7-9-20(15)19-11-10-16(2)21(13-19)22-12-17(3)18(4)14-23(22)5/h8-15,17H,16H2,1-7H3;7-12,14-17H,13H2,1-6H3;7-16H,1-6H3;6-14H,1-5H3/q4*+1. The van der Waals surface area contributed by atoms with Gasteiger partial charge in [-0.15, -0.1) is 0 Å². The molecule has 0 atom stereocenters. The van der Waals surface area contributed by atoms with E-state index in [2.05, 4.69) is 404 Å². The molecule has 4 aromatic heterocycles. The van der Waals surface area contributed by atoms with E-state index in [4.69, 9.17) is 0 Å². The minimum absolute atomic E-state index is 0.278. The van der Waals surface area contributed by atoms with E-state index < -0.39 is 0 Å². The predicted octanol–water partition coefficient (Wildman–Crippen LogP) is 23.3. The Balaban J connectivity index is 0.000000157. The highest BCUT2D eigenvalue weighted by Gasteiger charge is 2.24. The third-order valence-electron chi connectivity index (χ3n) is 20.3. The van der Waals surface area contributed by atoms with Crippen molar-refractivity contribution in [1.82, 2.24) is 0 Å². The van der Waals surface area contributed by atoms with Gasteiger partial charge in [0.1, 0.15) is 28.2 Å². The number of benzene rings is 8. The van der Waals surface area contributed by atoms with Crippen molar-refractivity contribution >= 4 is 0 Å². The second-order valence-electron chi connectivity index (χ2n) is 30.9. The molecule has 0 aliphatic rings. The molecule has 518 valence electrons. The van der Waals surface area contributed by atoms with Crippen LogP contribution in [-0.4, -0.2) is 0 Å². The number of pyridine rings is 4. The Bertz CT molecular complexity index is 4950. The van der Waals surface area contributed by atoms with Crippen LogP contribution in [0.4, 0.5) is 0 Å². The highest BCUT2D eigenvalue weighted by molar-refractivity contribution is 5.79. The molecule has 0 amide bonds. The monoisotopic (exact) mass is 1330 g/mol. The van der Waals surface area contributed by atoms with Crippen molar-refractivity contribution in [1.29, 1.82) is 0 Å². The van der Waals surface area contributed by atoms with Crippen molar-refractivity contribution in [2.45, 2.75) is 157 Å². The van der Waals surface area contributed by atoms with E-state index in [0.29, 0.717) is 11.8 Å². The van der Waals surface area contributed by atoms with Gasteiger partial charge in [-0.1, -0.05) is 194 Å². The minimum atomic E-state index is 0.278. The normalized spacial score (nSPS) is 11.2. The van der Waals surface area contributed by atoms with Gasteiger partial charge >= 0.3 is 0 Å². The van der Waals surface area contributed by atoms with Gasteiger partial charge in [-0.05, 0) is 256 Å². The molecule has 0 unspecified atom stereocenters. The average molecular weight is 1340 g/mol. The lowest BCUT2D eigenvalue weighted by molar-refractivity contribution is -0.660. The van der Waals surface area contributed by atoms with Crippen LogP contribution in [0.1, 0.15) is 143 Å². The fraction of sp³-hybridized carbons (Fsp3) is 0.299. The van der Waals surface area contributed by atoms with Crippen LogP contribution in [0.15, 0.2) is 219 Å². The van der Waals surface area contributed by atoms with Crippen molar-refractivity contribution < 1.29 is 18.3 Å². The Morgan fingerprint density at radius 1 is 0.267 bits per heavy atom. The van der Waals surface area contributed by atoms with Crippen LogP contribution >= 0.6 is 0 Å². The quantitative estimate of drug-likeness (QED) is 0.108. The SMILES string of the molecule is Cc1c[n+](C)c(-c2cc(-c3ccccc3C)ccc2C)cc1CC(C)(C)C.Cc1c[n+](C)c(-c2cc(-c3ccccc3C)ccc2C)cc1CC(C)C.Cc1cc(-c2cc(-c3ccccc3C)ccc2C)[n+](C)cc1C.Cc1ccccc1-c1ccc(C)c(-c2cc(C(C)C)c(C)c[n+]2C)c1. The van der Waals surface area contributed by atoms with Crippen molar-refractivity contribution in [3.8, 4) is 89.5 Å². The van der Waals surface area contributed by atoms with E-state index in [1.165, 1.54) is 179 Å². The summed E-state index contributed by atoms with van der Waals surface area (Å²) in [6, 6.07) is 71.1. The summed E-state index contributed by atoms with van der Waals surface area (Å²) in [5, 5.41) is 0. The number of hydrogen-bond acceptors (Lipinski definition) is 0. The molecule has 0 saturated heterocycles. The van der Waals surface area contributed by atoms with Crippen LogP contribution < -0.4 is 18.3 Å². The van der Waals surface area contributed by atoms with E-state index in [1.807, 2.05) is 0 Å². The van der Waals surface area contributed by atoms with Gasteiger partial charge in [-0.3, -0.25) is 0 Å². The van der Waals surface area contributed by atoms with Crippen molar-refractivity contribution in [2.75, 3.05) is 0 Å². The summed E-state index contributed by atoms with van der Waals surface area (Å²) in [5.41, 5.74) is 42.6. The predicted molar refractivity (Wildman–Crippen MR) is 431 cm³/mol. The zero-order chi connectivity index (χ0) is 73.3. The third-order valence-corrected chi connectivity index (χ3v) is 20.3. The number of aryl methyl sites for hydroxylation is 17. The summed E-state index contributed by atoms with van der Waals surface area (Å²) in [5.74, 6) is 1.19. The lowest BCUT2D eigenvalue weighted by atomic mass is 9.86. The average Bonchev–Trinajstić information content (AvgIpc) is 0.804. The maximum atomic E-state index is 2.39. The molecule has 0 radical (unpaired) electrons. The molecular formula is C97H114N4+4. The Morgan fingerprint density at radius 2 is 0.545 bits per heavy atom. The summed E-state index contributed by atoms with van der Waals surface area (Å²) >= 11 is 0. The largest absolute Gasteiger partial charge is 0.212 e. The number of nitrogens with zero attached hydrogens (tertiary/aromatic N) is 4. The molecule has 0 N–H and O–H groups in total. The molecule has 8 aromatic carbocycles. The van der Waals surface area contributed by atoms with Crippen LogP contribution in [0.3, 0.4) is 0 Å². The van der Waals surface area contributed by atoms with Crippen LogP contribution in [0.2, 0.25) is 0 Å². The number of rotatable bonds is 12. The van der Waals surface area contributed by atoms with Gasteiger partial charge in [0, 0.05) is 68.8 Å². The first kappa shape index (κ1) is 75.6. The molecule has 12 aromatic rings. The molecule has 0 saturated carbocycles. The molecule has 0 aliphatic heterocycles. The van der Waals surface area contributed by atoms with E-state index in [9.17, 15) is 0 Å². The first-order chi connectivity index (χ1) is 47.9. The Kier molecular flexibility index (Phi) is 24.5. The van der Waals surface area contributed by atoms with E-state index in [1.54, 1.807) is 0 Å². The molecule has 4 heteroatoms. The molecule has 0 bridgehead atoms. The molecule has 4 heterocycles. The fourth-order valence-corrected chi connectivity index (χ4v) is 14.3. The van der Waals surface area contributed by atoms with Crippen LogP contribution in [0, 0.1) is 101 Å². The maximum Gasteiger partial charge on any atom is 0.212 e. The van der Waals surface area contributed by atoms with Gasteiger partial charge in [0.2, 0.25) is 22.8 Å². The summed E-state index contributed by atoms with van der Waals surface area (Å²) < 4.78 is 9.02. The van der Waals surface area contributed by atoms with Gasteiger partial charge in [0.15, 0.2) is 24.8 Å². The van der Waals surface area contributed by atoms with E-state index >= 15 is 0 Å². The van der Waals surface area contributed by atoms with Gasteiger partial charge in [0.25, 0.3) is 0 Å². The second kappa shape index (κ2) is 32.8. The summed E-state index contributed by atoms with van der Waals surface area (Å²) in [6.07, 6.45) is 11.2. The molecule has 0 spiro atoms. The summed E-state index contributed by atoms with van der Waals surface area (Å²) in [4.78, 5) is 0. The molecule has 0 fully saturated rings. The molecule has 12 rings (SSSR count). The lowest BCUT2D eigenvalue weighted by Gasteiger charge is -2.20. The Labute approximate surface area is 608 Å². The number of aromatic nitrogens is 4. The van der Waals surface area contributed by atoms with Crippen LogP contribution in [0.5, 0.6) is 0 Å². The minimum Gasteiger partial charge on any atom is -0.201 e. The molecular weight excluding hydrogens is 1220 g/mol. The van der Waals surface area contributed by atoms with E-state index in [-0.39, 0.29) is 5.41 Å². The molecule has 0 aliphatic carbocycles. The smallest absolute Gasteiger partial charge is 0.201 e. The van der Waals surface area contributed by atoms with Gasteiger partial charge in [-0.25, -0.2) is 18.3 Å². The first-order valence-electron chi connectivity index (χ1n) is 36.5. The van der Waals surface area contributed by atoms with Crippen LogP contribution in [-0.2, 0) is 41.0 Å². The highest BCUT2D eigenvalue weighted by atomic mass is 14.9. The Morgan fingerprint density at radius 3 is 0.861 bits per heavy atom. The summed E-state index contributed by atoms with van der Waals surface area (Å²) in [7, 11) is 8.58. The maximum absolute atomic E-state index is 2.39. The van der Waals surface area contributed by atoms with Crippen molar-refractivity contribution in [3.05, 3.63) is 308 Å². The zero-order valence-electron chi connectivity index (χ0n) is 65.6. The summed E-state index contributed by atoms with van der Waals surface area (Å²) in [6.45, 7) is 44.5. The Hall–Kier alpha value is -9.64. The van der Waals surface area contributed by atoms with Gasteiger partial charge in [-0.2, -0.15) is 0 Å². The fourth-order valence-electron chi connectivity index (χ4n) is 14.3. The third kappa shape index (κ3) is 18.5. The van der Waals surface area contributed by atoms with Gasteiger partial charge < -0.3 is 0 Å². The van der Waals surface area contributed by atoms with Crippen molar-refractivity contribution in [2.24, 2.45) is 39.5 Å². The molecule has 101 heavy (non-hydrogen) atoms. The first-order valence-corrected chi connectivity index (χ1v) is 36.5. The second-order valence-corrected chi connectivity index (χ2v) is 30.9. The topological polar surface area (TPSA) is 15.5 Å². The van der Waals surface area contributed by atoms with Crippen molar-refractivity contribution in [3.63, 3.8) is 0 Å². The highest BCUT2D eigenvalue weighted by Crippen LogP contribution is 2.36. The lowest BCUT2D eigenvalue weighted by Crippen LogP contribution is -2.32. The zero-order valence-corrected chi connectivity index (χ0v) is 65.6. The van der Waals surface area contributed by atoms with Gasteiger partial charge in [0.05, 0.1) is 0 Å². The van der Waals surface area contributed by atoms with Crippen LogP contribution in [0.25, 0.3) is 89.5 Å². The van der Waals surface area contributed by atoms with E-state index in [0.717, 1.165) is 12.8 Å².